The van der Waals surface area contributed by atoms with Crippen LogP contribution in [0.5, 0.6) is 0 Å². The molecule has 1 heterocycles. The van der Waals surface area contributed by atoms with Crippen LogP contribution in [0.25, 0.3) is 0 Å². The molecule has 0 aliphatic carbocycles. The van der Waals surface area contributed by atoms with Crippen molar-refractivity contribution in [1.82, 2.24) is 4.31 Å². The van der Waals surface area contributed by atoms with E-state index in [0.717, 1.165) is 0 Å². The fourth-order valence-corrected chi connectivity index (χ4v) is 3.68. The lowest BCUT2D eigenvalue weighted by atomic mass is 9.92. The Morgan fingerprint density at radius 1 is 1.53 bits per heavy atom. The molecule has 98 valence electrons. The predicted molar refractivity (Wildman–Crippen MR) is 65.1 cm³/mol. The minimum Gasteiger partial charge on any atom is -0.481 e. The Bertz CT molecular complexity index is 390. The first kappa shape index (κ1) is 14.2. The average Bonchev–Trinajstić information content (AvgIpc) is 2.25. The van der Waals surface area contributed by atoms with Crippen LogP contribution in [0.2, 0.25) is 0 Å². The van der Waals surface area contributed by atoms with E-state index in [9.17, 15) is 13.2 Å². The molecule has 1 saturated heterocycles. The van der Waals surface area contributed by atoms with Gasteiger partial charge in [-0.15, -0.1) is 6.58 Å². The van der Waals surface area contributed by atoms with Gasteiger partial charge in [0.1, 0.15) is 0 Å². The van der Waals surface area contributed by atoms with Crippen LogP contribution in [0.3, 0.4) is 0 Å². The summed E-state index contributed by atoms with van der Waals surface area (Å²) in [5.74, 6) is -1.41. The summed E-state index contributed by atoms with van der Waals surface area (Å²) in [5, 5.41) is 8.98. The zero-order valence-corrected chi connectivity index (χ0v) is 10.8. The third-order valence-corrected chi connectivity index (χ3v) is 4.79. The van der Waals surface area contributed by atoms with Gasteiger partial charge in [0.2, 0.25) is 10.0 Å². The molecule has 0 bridgehead atoms. The summed E-state index contributed by atoms with van der Waals surface area (Å²) in [6.45, 7) is 5.89. The summed E-state index contributed by atoms with van der Waals surface area (Å²) in [5.41, 5.74) is 0. The van der Waals surface area contributed by atoms with Gasteiger partial charge in [0, 0.05) is 13.1 Å². The molecule has 0 aromatic rings. The van der Waals surface area contributed by atoms with Crippen molar-refractivity contribution in [2.24, 2.45) is 11.8 Å². The molecule has 1 N–H and O–H groups in total. The van der Waals surface area contributed by atoms with Crippen LogP contribution in [0.4, 0.5) is 0 Å². The standard InChI is InChI=1S/C11H19NO4S/c1-3-4-5-17(15,16)12-7-9(2)6-10(8-12)11(13)14/h3,9-10H,1,4-8H2,2H3,(H,13,14). The Kier molecular flexibility index (Phi) is 4.70. The highest BCUT2D eigenvalue weighted by Gasteiger charge is 2.34. The molecule has 1 fully saturated rings. The van der Waals surface area contributed by atoms with E-state index in [1.807, 2.05) is 6.92 Å². The van der Waals surface area contributed by atoms with Crippen LogP contribution < -0.4 is 0 Å². The van der Waals surface area contributed by atoms with Crippen molar-refractivity contribution < 1.29 is 18.3 Å². The van der Waals surface area contributed by atoms with Crippen molar-refractivity contribution in [2.75, 3.05) is 18.8 Å². The summed E-state index contributed by atoms with van der Waals surface area (Å²) in [7, 11) is -3.35. The largest absolute Gasteiger partial charge is 0.481 e. The van der Waals surface area contributed by atoms with E-state index in [1.165, 1.54) is 4.31 Å². The van der Waals surface area contributed by atoms with Gasteiger partial charge in [-0.3, -0.25) is 4.79 Å². The summed E-state index contributed by atoms with van der Waals surface area (Å²) < 4.78 is 25.2. The monoisotopic (exact) mass is 261 g/mol. The normalized spacial score (nSPS) is 26.6. The topological polar surface area (TPSA) is 74.7 Å². The molecular weight excluding hydrogens is 242 g/mol. The summed E-state index contributed by atoms with van der Waals surface area (Å²) in [4.78, 5) is 10.9. The van der Waals surface area contributed by atoms with E-state index in [0.29, 0.717) is 19.4 Å². The molecule has 0 spiro atoms. The Morgan fingerprint density at radius 3 is 2.71 bits per heavy atom. The number of aliphatic carboxylic acids is 1. The molecule has 0 aromatic carbocycles. The number of carbonyl (C=O) groups is 1. The third kappa shape index (κ3) is 3.81. The minimum absolute atomic E-state index is 0.00948. The van der Waals surface area contributed by atoms with Crippen LogP contribution in [-0.4, -0.2) is 42.6 Å². The number of carboxylic acid groups (broad SMARTS) is 1. The number of sulfonamides is 1. The highest BCUT2D eigenvalue weighted by atomic mass is 32.2. The number of hydrogen-bond donors (Lipinski definition) is 1. The zero-order chi connectivity index (χ0) is 13.1. The Balaban J connectivity index is 2.76. The molecule has 5 nitrogen and oxygen atoms in total. The van der Waals surface area contributed by atoms with Crippen molar-refractivity contribution in [1.29, 1.82) is 0 Å². The van der Waals surface area contributed by atoms with E-state index in [-0.39, 0.29) is 18.2 Å². The smallest absolute Gasteiger partial charge is 0.307 e. The second kappa shape index (κ2) is 5.64. The molecule has 1 rings (SSSR count). The number of piperidine rings is 1. The van der Waals surface area contributed by atoms with E-state index >= 15 is 0 Å². The Labute approximate surface area is 102 Å². The molecule has 1 aliphatic heterocycles. The molecule has 0 amide bonds. The lowest BCUT2D eigenvalue weighted by molar-refractivity contribution is -0.143. The van der Waals surface area contributed by atoms with Gasteiger partial charge in [-0.25, -0.2) is 12.7 Å². The first-order chi connectivity index (χ1) is 7.86. The Morgan fingerprint density at radius 2 is 2.18 bits per heavy atom. The summed E-state index contributed by atoms with van der Waals surface area (Å²) in [6, 6.07) is 0. The minimum atomic E-state index is -3.35. The van der Waals surface area contributed by atoms with Gasteiger partial charge >= 0.3 is 5.97 Å². The average molecular weight is 261 g/mol. The lowest BCUT2D eigenvalue weighted by Gasteiger charge is -2.33. The van der Waals surface area contributed by atoms with Gasteiger partial charge in [0.05, 0.1) is 11.7 Å². The van der Waals surface area contributed by atoms with Crippen LogP contribution in [0.1, 0.15) is 19.8 Å². The van der Waals surface area contributed by atoms with Crippen molar-refractivity contribution in [3.63, 3.8) is 0 Å². The maximum Gasteiger partial charge on any atom is 0.307 e. The van der Waals surface area contributed by atoms with Crippen molar-refractivity contribution in [3.8, 4) is 0 Å². The van der Waals surface area contributed by atoms with Gasteiger partial charge < -0.3 is 5.11 Å². The van der Waals surface area contributed by atoms with Gasteiger partial charge in [-0.1, -0.05) is 13.0 Å². The van der Waals surface area contributed by atoms with Crippen molar-refractivity contribution >= 4 is 16.0 Å². The van der Waals surface area contributed by atoms with E-state index < -0.39 is 21.9 Å². The van der Waals surface area contributed by atoms with E-state index in [2.05, 4.69) is 6.58 Å². The zero-order valence-electron chi connectivity index (χ0n) is 10.0. The first-order valence-corrected chi connectivity index (χ1v) is 7.29. The van der Waals surface area contributed by atoms with Gasteiger partial charge in [0.25, 0.3) is 0 Å². The molecule has 2 atom stereocenters. The highest BCUT2D eigenvalue weighted by molar-refractivity contribution is 7.89. The second-order valence-corrected chi connectivity index (χ2v) is 6.67. The second-order valence-electron chi connectivity index (χ2n) is 4.59. The van der Waals surface area contributed by atoms with Gasteiger partial charge in [-0.05, 0) is 18.8 Å². The quantitative estimate of drug-likeness (QED) is 0.747. The fourth-order valence-electron chi connectivity index (χ4n) is 2.07. The highest BCUT2D eigenvalue weighted by Crippen LogP contribution is 2.24. The number of carboxylic acids is 1. The third-order valence-electron chi connectivity index (χ3n) is 2.95. The number of rotatable bonds is 5. The van der Waals surface area contributed by atoms with Crippen LogP contribution in [0.15, 0.2) is 12.7 Å². The number of nitrogens with zero attached hydrogens (tertiary/aromatic N) is 1. The molecule has 0 saturated carbocycles. The fraction of sp³-hybridized carbons (Fsp3) is 0.727. The number of allylic oxidation sites excluding steroid dienone is 1. The lowest BCUT2D eigenvalue weighted by Crippen LogP contribution is -2.46. The maximum absolute atomic E-state index is 11.9. The predicted octanol–water partition coefficient (Wildman–Crippen LogP) is 0.935. The van der Waals surface area contributed by atoms with Crippen molar-refractivity contribution in [3.05, 3.63) is 12.7 Å². The summed E-state index contributed by atoms with van der Waals surface area (Å²) in [6.07, 6.45) is 2.49. The number of hydrogen-bond acceptors (Lipinski definition) is 3. The first-order valence-electron chi connectivity index (χ1n) is 5.68. The molecule has 2 unspecified atom stereocenters. The summed E-state index contributed by atoms with van der Waals surface area (Å²) >= 11 is 0. The molecule has 6 heteroatoms. The molecule has 0 aromatic heterocycles. The maximum atomic E-state index is 11.9. The van der Waals surface area contributed by atoms with Crippen LogP contribution >= 0.6 is 0 Å². The molecule has 17 heavy (non-hydrogen) atoms. The van der Waals surface area contributed by atoms with E-state index in [1.54, 1.807) is 6.08 Å². The molecular formula is C11H19NO4S. The van der Waals surface area contributed by atoms with Gasteiger partial charge in [0.15, 0.2) is 0 Å². The SMILES string of the molecule is C=CCCS(=O)(=O)N1CC(C)CC(C(=O)O)C1. The van der Waals surface area contributed by atoms with Crippen molar-refractivity contribution in [2.45, 2.75) is 19.8 Å². The molecule has 1 aliphatic rings. The Hall–Kier alpha value is -0.880. The van der Waals surface area contributed by atoms with Crippen LogP contribution in [0, 0.1) is 11.8 Å². The van der Waals surface area contributed by atoms with E-state index in [4.69, 9.17) is 5.11 Å². The van der Waals surface area contributed by atoms with Gasteiger partial charge in [-0.2, -0.15) is 0 Å². The van der Waals surface area contributed by atoms with Crippen LogP contribution in [-0.2, 0) is 14.8 Å². The molecule has 0 radical (unpaired) electrons.